The van der Waals surface area contributed by atoms with Gasteiger partial charge in [-0.05, 0) is 91.9 Å². The summed E-state index contributed by atoms with van der Waals surface area (Å²) in [6, 6.07) is 14.6. The number of benzene rings is 3. The van der Waals surface area contributed by atoms with E-state index in [0.29, 0.717) is 45.5 Å². The van der Waals surface area contributed by atoms with Crippen LogP contribution in [0.15, 0.2) is 71.8 Å². The van der Waals surface area contributed by atoms with Crippen LogP contribution < -0.4 is 10.3 Å². The van der Waals surface area contributed by atoms with Crippen molar-refractivity contribution in [2.45, 2.75) is 26.4 Å². The minimum atomic E-state index is -0.212. The second-order valence-corrected chi connectivity index (χ2v) is 11.1. The predicted molar refractivity (Wildman–Crippen MR) is 153 cm³/mol. The Hall–Kier alpha value is -1.71. The summed E-state index contributed by atoms with van der Waals surface area (Å²) in [5.41, 5.74) is 2.11. The van der Waals surface area contributed by atoms with E-state index < -0.39 is 0 Å². The summed E-state index contributed by atoms with van der Waals surface area (Å²) in [5.74, 6) is 1.25. The smallest absolute Gasteiger partial charge is 0.282 e. The Bertz CT molecular complexity index is 1480. The maximum atomic E-state index is 13.2. The highest BCUT2D eigenvalue weighted by molar-refractivity contribution is 9.11. The van der Waals surface area contributed by atoms with Gasteiger partial charge in [-0.25, -0.2) is 4.98 Å². The molecule has 0 saturated carbocycles. The molecule has 0 amide bonds. The SMILES string of the molecule is CCCc1nc2ccc(Br)cc2c(=O)n1N=Cc1cc(Br)c(OCc2ccc(Cl)c(Cl)c2)c(Br)c1. The third kappa shape index (κ3) is 6.17. The molecule has 4 rings (SSSR count). The monoisotopic (exact) mass is 699 g/mol. The van der Waals surface area contributed by atoms with E-state index in [-0.39, 0.29) is 5.56 Å². The molecule has 0 bridgehead atoms. The average Bonchev–Trinajstić information content (AvgIpc) is 2.81. The average molecular weight is 703 g/mol. The summed E-state index contributed by atoms with van der Waals surface area (Å²) in [5, 5.41) is 5.97. The molecule has 35 heavy (non-hydrogen) atoms. The molecule has 180 valence electrons. The van der Waals surface area contributed by atoms with E-state index in [9.17, 15) is 4.79 Å². The number of ether oxygens (including phenoxy) is 1. The summed E-state index contributed by atoms with van der Waals surface area (Å²) in [6.07, 6.45) is 3.10. The molecular formula is C25H18Br3Cl2N3O2. The van der Waals surface area contributed by atoms with Crippen LogP contribution in [-0.4, -0.2) is 15.9 Å². The maximum absolute atomic E-state index is 13.2. The van der Waals surface area contributed by atoms with E-state index in [2.05, 4.69) is 57.9 Å². The van der Waals surface area contributed by atoms with Gasteiger partial charge in [0.15, 0.2) is 0 Å². The molecule has 0 aliphatic carbocycles. The van der Waals surface area contributed by atoms with Crippen LogP contribution >= 0.6 is 71.0 Å². The van der Waals surface area contributed by atoms with E-state index in [1.165, 1.54) is 4.68 Å². The van der Waals surface area contributed by atoms with Crippen LogP contribution in [0.4, 0.5) is 0 Å². The number of halogens is 5. The molecule has 0 N–H and O–H groups in total. The van der Waals surface area contributed by atoms with Crippen molar-refractivity contribution >= 4 is 88.1 Å². The molecule has 4 aromatic rings. The number of hydrogen-bond donors (Lipinski definition) is 0. The third-order valence-corrected chi connectivity index (χ3v) is 7.47. The molecule has 0 unspecified atom stereocenters. The summed E-state index contributed by atoms with van der Waals surface area (Å²) in [7, 11) is 0. The van der Waals surface area contributed by atoms with Crippen LogP contribution in [0.2, 0.25) is 10.0 Å². The van der Waals surface area contributed by atoms with Crippen LogP contribution in [-0.2, 0) is 13.0 Å². The lowest BCUT2D eigenvalue weighted by atomic mass is 10.2. The van der Waals surface area contributed by atoms with Crippen LogP contribution in [0, 0.1) is 0 Å². The molecule has 1 aromatic heterocycles. The fraction of sp³-hybridized carbons (Fsp3) is 0.160. The van der Waals surface area contributed by atoms with Crippen LogP contribution in [0.3, 0.4) is 0 Å². The van der Waals surface area contributed by atoms with Crippen molar-refractivity contribution in [3.05, 3.63) is 99.3 Å². The Kier molecular flexibility index (Phi) is 8.71. The number of aromatic nitrogens is 2. The number of fused-ring (bicyclic) bond motifs is 1. The number of nitrogens with zero attached hydrogens (tertiary/aromatic N) is 3. The first kappa shape index (κ1) is 26.4. The zero-order valence-electron chi connectivity index (χ0n) is 18.4. The van der Waals surface area contributed by atoms with Gasteiger partial charge < -0.3 is 4.74 Å². The van der Waals surface area contributed by atoms with Crippen molar-refractivity contribution in [3.8, 4) is 5.75 Å². The maximum Gasteiger partial charge on any atom is 0.282 e. The van der Waals surface area contributed by atoms with Crippen molar-refractivity contribution in [2.75, 3.05) is 0 Å². The molecule has 1 heterocycles. The van der Waals surface area contributed by atoms with Crippen LogP contribution in [0.1, 0.15) is 30.3 Å². The van der Waals surface area contributed by atoms with Crippen molar-refractivity contribution in [1.82, 2.24) is 9.66 Å². The lowest BCUT2D eigenvalue weighted by Gasteiger charge is -2.12. The quantitative estimate of drug-likeness (QED) is 0.182. The highest BCUT2D eigenvalue weighted by Crippen LogP contribution is 2.35. The van der Waals surface area contributed by atoms with Gasteiger partial charge in [0.25, 0.3) is 5.56 Å². The fourth-order valence-corrected chi connectivity index (χ4v) is 5.53. The van der Waals surface area contributed by atoms with Gasteiger partial charge in [-0.2, -0.15) is 9.78 Å². The molecule has 0 fully saturated rings. The largest absolute Gasteiger partial charge is 0.487 e. The van der Waals surface area contributed by atoms with Gasteiger partial charge in [-0.3, -0.25) is 4.79 Å². The number of rotatable bonds is 7. The highest BCUT2D eigenvalue weighted by Gasteiger charge is 2.12. The molecule has 0 aliphatic rings. The molecule has 0 aliphatic heterocycles. The zero-order valence-corrected chi connectivity index (χ0v) is 24.6. The molecule has 0 saturated heterocycles. The Morgan fingerprint density at radius 3 is 2.46 bits per heavy atom. The Balaban J connectivity index is 1.63. The molecule has 5 nitrogen and oxygen atoms in total. The van der Waals surface area contributed by atoms with E-state index >= 15 is 0 Å². The predicted octanol–water partition coefficient (Wildman–Crippen LogP) is 8.40. The van der Waals surface area contributed by atoms with Crippen molar-refractivity contribution in [2.24, 2.45) is 5.10 Å². The first-order valence-electron chi connectivity index (χ1n) is 10.6. The summed E-state index contributed by atoms with van der Waals surface area (Å²) in [6.45, 7) is 2.35. The second-order valence-electron chi connectivity index (χ2n) is 7.65. The fourth-order valence-electron chi connectivity index (χ4n) is 3.40. The van der Waals surface area contributed by atoms with Gasteiger partial charge in [0.2, 0.25) is 0 Å². The molecule has 0 atom stereocenters. The van der Waals surface area contributed by atoms with Gasteiger partial charge in [0.1, 0.15) is 18.2 Å². The van der Waals surface area contributed by atoms with Gasteiger partial charge >= 0.3 is 0 Å². The lowest BCUT2D eigenvalue weighted by molar-refractivity contribution is 0.302. The van der Waals surface area contributed by atoms with Crippen molar-refractivity contribution < 1.29 is 4.74 Å². The number of hydrogen-bond acceptors (Lipinski definition) is 4. The topological polar surface area (TPSA) is 56.5 Å². The van der Waals surface area contributed by atoms with Gasteiger partial charge in [0, 0.05) is 10.9 Å². The molecule has 3 aromatic carbocycles. The Morgan fingerprint density at radius 1 is 1.03 bits per heavy atom. The van der Waals surface area contributed by atoms with Crippen LogP contribution in [0.25, 0.3) is 10.9 Å². The van der Waals surface area contributed by atoms with Crippen molar-refractivity contribution in [1.29, 1.82) is 0 Å². The van der Waals surface area contributed by atoms with Gasteiger partial charge in [-0.15, -0.1) is 0 Å². The molecule has 10 heteroatoms. The molecule has 0 radical (unpaired) electrons. The lowest BCUT2D eigenvalue weighted by Crippen LogP contribution is -2.22. The zero-order chi connectivity index (χ0) is 25.1. The second kappa shape index (κ2) is 11.6. The van der Waals surface area contributed by atoms with E-state index in [1.807, 2.05) is 37.3 Å². The van der Waals surface area contributed by atoms with Crippen molar-refractivity contribution in [3.63, 3.8) is 0 Å². The van der Waals surface area contributed by atoms with E-state index in [4.69, 9.17) is 27.9 Å². The normalized spacial score (nSPS) is 11.5. The third-order valence-electron chi connectivity index (χ3n) is 5.06. The first-order valence-corrected chi connectivity index (χ1v) is 13.7. The minimum Gasteiger partial charge on any atom is -0.487 e. The standard InChI is InChI=1S/C25H18Br3Cl2N3O2/c1-2-3-23-32-22-7-5-16(26)11-17(22)25(34)33(23)31-12-15-8-18(27)24(19(28)9-15)35-13-14-4-6-20(29)21(30)10-14/h4-12H,2-3,13H2,1H3. The van der Waals surface area contributed by atoms with Gasteiger partial charge in [0.05, 0.1) is 36.1 Å². The molecule has 0 spiro atoms. The molecular weight excluding hydrogens is 685 g/mol. The Morgan fingerprint density at radius 2 is 1.77 bits per heavy atom. The highest BCUT2D eigenvalue weighted by atomic mass is 79.9. The summed E-state index contributed by atoms with van der Waals surface area (Å²) in [4.78, 5) is 17.8. The van der Waals surface area contributed by atoms with Gasteiger partial charge in [-0.1, -0.05) is 52.1 Å². The van der Waals surface area contributed by atoms with E-state index in [1.54, 1.807) is 24.4 Å². The summed E-state index contributed by atoms with van der Waals surface area (Å²) >= 11 is 22.6. The first-order chi connectivity index (χ1) is 16.8. The summed E-state index contributed by atoms with van der Waals surface area (Å²) < 4.78 is 9.63. The van der Waals surface area contributed by atoms with E-state index in [0.717, 1.165) is 31.0 Å². The minimum absolute atomic E-state index is 0.212. The number of aryl methyl sites for hydroxylation is 1. The Labute approximate surface area is 237 Å². The van der Waals surface area contributed by atoms with Crippen LogP contribution in [0.5, 0.6) is 5.75 Å².